The van der Waals surface area contributed by atoms with Gasteiger partial charge in [0.1, 0.15) is 0 Å². The van der Waals surface area contributed by atoms with E-state index in [2.05, 4.69) is 42.8 Å². The predicted octanol–water partition coefficient (Wildman–Crippen LogP) is 4.40. The van der Waals surface area contributed by atoms with Gasteiger partial charge in [0, 0.05) is 17.3 Å². The minimum atomic E-state index is 0.278. The fourth-order valence-electron chi connectivity index (χ4n) is 2.37. The summed E-state index contributed by atoms with van der Waals surface area (Å²) in [7, 11) is 0. The lowest BCUT2D eigenvalue weighted by atomic mass is 10.1. The molecule has 0 amide bonds. The molecule has 2 nitrogen and oxygen atoms in total. The number of benzene rings is 1. The van der Waals surface area contributed by atoms with Gasteiger partial charge in [-0.2, -0.15) is 5.10 Å². The Balaban J connectivity index is 2.18. The van der Waals surface area contributed by atoms with Gasteiger partial charge in [-0.25, -0.2) is 0 Å². The summed E-state index contributed by atoms with van der Waals surface area (Å²) in [6.07, 6.45) is 4.23. The summed E-state index contributed by atoms with van der Waals surface area (Å²) in [6.45, 7) is 5.22. The van der Waals surface area contributed by atoms with Crippen molar-refractivity contribution in [2.75, 3.05) is 0 Å². The maximum absolute atomic E-state index is 6.29. The number of aromatic nitrogens is 2. The molecule has 1 unspecified atom stereocenters. The summed E-state index contributed by atoms with van der Waals surface area (Å²) in [6, 6.07) is 8.45. The van der Waals surface area contributed by atoms with E-state index in [4.69, 9.17) is 16.7 Å². The molecule has 98 valence electrons. The summed E-state index contributed by atoms with van der Waals surface area (Å²) < 4.78 is 2.08. The number of rotatable bonds is 6. The van der Waals surface area contributed by atoms with Crippen molar-refractivity contribution in [2.24, 2.45) is 0 Å². The van der Waals surface area contributed by atoms with Crippen LogP contribution < -0.4 is 0 Å². The highest BCUT2D eigenvalue weighted by Crippen LogP contribution is 2.21. The molecule has 2 aromatic rings. The minimum absolute atomic E-state index is 0.278. The molecule has 2 rings (SSSR count). The first-order valence-corrected chi connectivity index (χ1v) is 7.28. The number of fused-ring (bicyclic) bond motifs is 1. The van der Waals surface area contributed by atoms with Crippen LogP contribution in [0.3, 0.4) is 0 Å². The standard InChI is InChI=1S/C15H21ClN2/c1-3-7-12(16)10-11-14-13-8-5-6-9-15(13)18(4-2)17-14/h5-6,8-9,12H,3-4,7,10-11H2,1-2H3. The van der Waals surface area contributed by atoms with E-state index in [9.17, 15) is 0 Å². The Morgan fingerprint density at radius 1 is 1.22 bits per heavy atom. The molecule has 1 aromatic carbocycles. The molecular formula is C15H21ClN2. The summed E-state index contributed by atoms with van der Waals surface area (Å²) >= 11 is 6.29. The van der Waals surface area contributed by atoms with E-state index in [1.165, 1.54) is 16.6 Å². The van der Waals surface area contributed by atoms with Gasteiger partial charge in [-0.1, -0.05) is 31.5 Å². The summed E-state index contributed by atoms with van der Waals surface area (Å²) in [5.74, 6) is 0. The average Bonchev–Trinajstić information content (AvgIpc) is 2.75. The van der Waals surface area contributed by atoms with Crippen LogP contribution in [0.5, 0.6) is 0 Å². The normalized spacial score (nSPS) is 13.1. The van der Waals surface area contributed by atoms with Crippen molar-refractivity contribution in [3.05, 3.63) is 30.0 Å². The van der Waals surface area contributed by atoms with E-state index in [1.807, 2.05) is 0 Å². The molecule has 3 heteroatoms. The Labute approximate surface area is 114 Å². The van der Waals surface area contributed by atoms with Gasteiger partial charge in [-0.3, -0.25) is 4.68 Å². The summed E-state index contributed by atoms with van der Waals surface area (Å²) in [5, 5.41) is 6.25. The van der Waals surface area contributed by atoms with Gasteiger partial charge in [0.05, 0.1) is 11.2 Å². The summed E-state index contributed by atoms with van der Waals surface area (Å²) in [5.41, 5.74) is 2.42. The first kappa shape index (κ1) is 13.4. The first-order chi connectivity index (χ1) is 8.76. The highest BCUT2D eigenvalue weighted by molar-refractivity contribution is 6.20. The Hall–Kier alpha value is -1.02. The largest absolute Gasteiger partial charge is 0.265 e. The topological polar surface area (TPSA) is 17.8 Å². The van der Waals surface area contributed by atoms with Gasteiger partial charge in [-0.05, 0) is 32.3 Å². The van der Waals surface area contributed by atoms with Crippen LogP contribution in [-0.2, 0) is 13.0 Å². The zero-order chi connectivity index (χ0) is 13.0. The number of halogens is 1. The first-order valence-electron chi connectivity index (χ1n) is 6.84. The van der Waals surface area contributed by atoms with Gasteiger partial charge >= 0.3 is 0 Å². The lowest BCUT2D eigenvalue weighted by Gasteiger charge is -2.05. The smallest absolute Gasteiger partial charge is 0.0703 e. The van der Waals surface area contributed by atoms with Crippen LogP contribution in [0.1, 0.15) is 38.8 Å². The molecular weight excluding hydrogens is 244 g/mol. The molecule has 1 atom stereocenters. The lowest BCUT2D eigenvalue weighted by molar-refractivity contribution is 0.638. The highest BCUT2D eigenvalue weighted by atomic mass is 35.5. The zero-order valence-corrected chi connectivity index (χ0v) is 12.0. The fourth-order valence-corrected chi connectivity index (χ4v) is 2.70. The number of nitrogens with zero attached hydrogens (tertiary/aromatic N) is 2. The van der Waals surface area contributed by atoms with E-state index in [0.29, 0.717) is 0 Å². The monoisotopic (exact) mass is 264 g/mol. The van der Waals surface area contributed by atoms with E-state index >= 15 is 0 Å². The second-order valence-electron chi connectivity index (χ2n) is 4.70. The number of aryl methyl sites for hydroxylation is 2. The molecule has 0 aliphatic heterocycles. The molecule has 0 fully saturated rings. The maximum atomic E-state index is 6.29. The molecule has 0 spiro atoms. The third-order valence-corrected chi connectivity index (χ3v) is 3.77. The molecule has 0 aliphatic carbocycles. The van der Waals surface area contributed by atoms with E-state index in [-0.39, 0.29) is 5.38 Å². The fraction of sp³-hybridized carbons (Fsp3) is 0.533. The van der Waals surface area contributed by atoms with Crippen LogP contribution in [0, 0.1) is 0 Å². The van der Waals surface area contributed by atoms with Crippen LogP contribution >= 0.6 is 11.6 Å². The van der Waals surface area contributed by atoms with Crippen molar-refractivity contribution in [3.63, 3.8) is 0 Å². The average molecular weight is 265 g/mol. The lowest BCUT2D eigenvalue weighted by Crippen LogP contribution is -2.02. The van der Waals surface area contributed by atoms with Gasteiger partial charge in [-0.15, -0.1) is 11.6 Å². The van der Waals surface area contributed by atoms with Gasteiger partial charge < -0.3 is 0 Å². The van der Waals surface area contributed by atoms with Crippen LogP contribution in [0.2, 0.25) is 0 Å². The van der Waals surface area contributed by atoms with Crippen molar-refractivity contribution in [1.29, 1.82) is 0 Å². The maximum Gasteiger partial charge on any atom is 0.0703 e. The molecule has 0 bridgehead atoms. The summed E-state index contributed by atoms with van der Waals surface area (Å²) in [4.78, 5) is 0. The number of hydrogen-bond acceptors (Lipinski definition) is 1. The second-order valence-corrected chi connectivity index (χ2v) is 5.32. The minimum Gasteiger partial charge on any atom is -0.265 e. The zero-order valence-electron chi connectivity index (χ0n) is 11.2. The Bertz CT molecular complexity index is 504. The van der Waals surface area contributed by atoms with Crippen LogP contribution in [0.4, 0.5) is 0 Å². The molecule has 0 saturated carbocycles. The Kier molecular flexibility index (Phi) is 4.65. The van der Waals surface area contributed by atoms with Crippen molar-refractivity contribution in [1.82, 2.24) is 9.78 Å². The number of para-hydroxylation sites is 1. The number of hydrogen-bond donors (Lipinski definition) is 0. The molecule has 0 saturated heterocycles. The second kappa shape index (κ2) is 6.24. The number of alkyl halides is 1. The van der Waals surface area contributed by atoms with Gasteiger partial charge in [0.2, 0.25) is 0 Å². The molecule has 1 heterocycles. The SMILES string of the molecule is CCCC(Cl)CCc1nn(CC)c2ccccc12. The van der Waals surface area contributed by atoms with E-state index in [0.717, 1.165) is 32.2 Å². The third kappa shape index (κ3) is 2.86. The predicted molar refractivity (Wildman–Crippen MR) is 78.3 cm³/mol. The quantitative estimate of drug-likeness (QED) is 0.708. The van der Waals surface area contributed by atoms with Crippen molar-refractivity contribution in [2.45, 2.75) is 51.5 Å². The van der Waals surface area contributed by atoms with Crippen molar-refractivity contribution < 1.29 is 0 Å². The molecule has 0 radical (unpaired) electrons. The van der Waals surface area contributed by atoms with E-state index in [1.54, 1.807) is 0 Å². The third-order valence-electron chi connectivity index (χ3n) is 3.33. The van der Waals surface area contributed by atoms with Crippen LogP contribution in [-0.4, -0.2) is 15.2 Å². The van der Waals surface area contributed by atoms with E-state index < -0.39 is 0 Å². The molecule has 0 aliphatic rings. The molecule has 0 N–H and O–H groups in total. The van der Waals surface area contributed by atoms with Crippen molar-refractivity contribution in [3.8, 4) is 0 Å². The molecule has 1 aromatic heterocycles. The van der Waals surface area contributed by atoms with Crippen LogP contribution in [0.15, 0.2) is 24.3 Å². The Morgan fingerprint density at radius 2 is 2.00 bits per heavy atom. The highest BCUT2D eigenvalue weighted by Gasteiger charge is 2.11. The van der Waals surface area contributed by atoms with Gasteiger partial charge in [0.15, 0.2) is 0 Å². The van der Waals surface area contributed by atoms with Gasteiger partial charge in [0.25, 0.3) is 0 Å². The Morgan fingerprint density at radius 3 is 2.72 bits per heavy atom. The molecule has 18 heavy (non-hydrogen) atoms. The van der Waals surface area contributed by atoms with Crippen LogP contribution in [0.25, 0.3) is 10.9 Å². The van der Waals surface area contributed by atoms with Crippen molar-refractivity contribution >= 4 is 22.5 Å².